The second-order valence-corrected chi connectivity index (χ2v) is 10.8. The summed E-state index contributed by atoms with van der Waals surface area (Å²) in [6.07, 6.45) is 9.15. The molecule has 0 aromatic carbocycles. The van der Waals surface area contributed by atoms with Crippen LogP contribution in [0.25, 0.3) is 0 Å². The average molecular weight is 411 g/mol. The van der Waals surface area contributed by atoms with E-state index < -0.39 is 0 Å². The first-order valence-corrected chi connectivity index (χ1v) is 11.0. The van der Waals surface area contributed by atoms with Gasteiger partial charge in [0, 0.05) is 12.3 Å². The smallest absolute Gasteiger partial charge is 0.302 e. The van der Waals surface area contributed by atoms with Gasteiger partial charge in [-0.3, -0.25) is 9.59 Å². The van der Waals surface area contributed by atoms with Crippen molar-refractivity contribution in [3.8, 4) is 0 Å². The van der Waals surface area contributed by atoms with Crippen molar-refractivity contribution < 1.29 is 14.3 Å². The molecule has 0 aliphatic heterocycles. The van der Waals surface area contributed by atoms with Crippen molar-refractivity contribution in [2.24, 2.45) is 34.5 Å². The monoisotopic (exact) mass is 410 g/mol. The predicted octanol–water partition coefficient (Wildman–Crippen LogP) is 4.90. The topological polar surface area (TPSA) is 43.4 Å². The van der Waals surface area contributed by atoms with Crippen molar-refractivity contribution in [3.05, 3.63) is 0 Å². The second kappa shape index (κ2) is 6.07. The van der Waals surface area contributed by atoms with E-state index >= 15 is 0 Å². The number of rotatable bonds is 1. The number of alkyl halides is 1. The molecule has 0 aromatic heterocycles. The molecule has 0 bridgehead atoms. The number of hydrogen-bond acceptors (Lipinski definition) is 3. The highest BCUT2D eigenvalue weighted by Crippen LogP contribution is 2.66. The summed E-state index contributed by atoms with van der Waals surface area (Å²) >= 11 is 3.66. The van der Waals surface area contributed by atoms with E-state index in [0.29, 0.717) is 29.0 Å². The normalized spacial score (nSPS) is 52.1. The van der Waals surface area contributed by atoms with Gasteiger partial charge >= 0.3 is 5.97 Å². The summed E-state index contributed by atoms with van der Waals surface area (Å²) in [6.45, 7) is 6.27. The Labute approximate surface area is 159 Å². The van der Waals surface area contributed by atoms with Crippen LogP contribution in [0.3, 0.4) is 0 Å². The Balaban J connectivity index is 1.55. The Bertz CT molecular complexity index is 590. The molecule has 0 aromatic rings. The van der Waals surface area contributed by atoms with E-state index in [2.05, 4.69) is 29.8 Å². The molecule has 4 aliphatic carbocycles. The Kier molecular flexibility index (Phi) is 4.37. The molecule has 3 nitrogen and oxygen atoms in total. The molecule has 4 saturated carbocycles. The molecule has 8 atom stereocenters. The van der Waals surface area contributed by atoms with E-state index in [4.69, 9.17) is 4.74 Å². The molecule has 1 unspecified atom stereocenters. The molecular formula is C21H31BrO3. The lowest BCUT2D eigenvalue weighted by atomic mass is 9.45. The van der Waals surface area contributed by atoms with Gasteiger partial charge in [-0.05, 0) is 80.5 Å². The first kappa shape index (κ1) is 18.0. The summed E-state index contributed by atoms with van der Waals surface area (Å²) in [4.78, 5) is 24.2. The standard InChI is InChI=1S/C21H31BrO3/c1-12(23)25-14-6-8-20(2)13(10-14)4-5-15-16(20)7-9-21(3)17(15)11-18(22)19(21)24/h13-18H,4-11H2,1-3H3/t13-,14-,15+,16-,17?,18+,20-,21-/m0/s1. The fraction of sp³-hybridized carbons (Fsp3) is 0.905. The predicted molar refractivity (Wildman–Crippen MR) is 100 cm³/mol. The number of ether oxygens (including phenoxy) is 1. The van der Waals surface area contributed by atoms with E-state index in [1.807, 2.05) is 0 Å². The third-order valence-corrected chi connectivity index (χ3v) is 9.44. The highest BCUT2D eigenvalue weighted by Gasteiger charge is 2.62. The van der Waals surface area contributed by atoms with Crippen LogP contribution in [0.15, 0.2) is 0 Å². The lowest BCUT2D eigenvalue weighted by molar-refractivity contribution is -0.160. The van der Waals surface area contributed by atoms with E-state index in [9.17, 15) is 9.59 Å². The Hall–Kier alpha value is -0.380. The van der Waals surface area contributed by atoms with Crippen LogP contribution < -0.4 is 0 Å². The number of halogens is 1. The maximum Gasteiger partial charge on any atom is 0.302 e. The molecule has 0 amide bonds. The quantitative estimate of drug-likeness (QED) is 0.455. The molecule has 0 saturated heterocycles. The highest BCUT2D eigenvalue weighted by atomic mass is 79.9. The van der Waals surface area contributed by atoms with Gasteiger partial charge in [-0.2, -0.15) is 0 Å². The molecule has 4 fully saturated rings. The van der Waals surface area contributed by atoms with Crippen LogP contribution in [0.5, 0.6) is 0 Å². The second-order valence-electron chi connectivity index (χ2n) is 9.69. The van der Waals surface area contributed by atoms with Crippen LogP contribution in [-0.4, -0.2) is 22.7 Å². The fourth-order valence-electron chi connectivity index (χ4n) is 7.31. The summed E-state index contributed by atoms with van der Waals surface area (Å²) in [7, 11) is 0. The molecule has 25 heavy (non-hydrogen) atoms. The SMILES string of the molecule is CC(=O)O[C@H]1CC[C@@]2(C)[C@@H](CC[C@H]3C4C[C@@H](Br)C(=O)[C@@]4(C)CC[C@@H]32)C1. The van der Waals surface area contributed by atoms with Gasteiger partial charge < -0.3 is 4.74 Å². The van der Waals surface area contributed by atoms with Crippen molar-refractivity contribution in [1.29, 1.82) is 0 Å². The zero-order valence-electron chi connectivity index (χ0n) is 15.7. The van der Waals surface area contributed by atoms with Crippen molar-refractivity contribution in [2.75, 3.05) is 0 Å². The first-order chi connectivity index (χ1) is 11.8. The summed E-state index contributed by atoms with van der Waals surface area (Å²) in [5, 5.41) is 0. The average Bonchev–Trinajstić information content (AvgIpc) is 2.78. The van der Waals surface area contributed by atoms with Crippen LogP contribution in [-0.2, 0) is 14.3 Å². The number of carbonyl (C=O) groups excluding carboxylic acids is 2. The van der Waals surface area contributed by atoms with Crippen molar-refractivity contribution in [1.82, 2.24) is 0 Å². The number of fused-ring (bicyclic) bond motifs is 5. The zero-order chi connectivity index (χ0) is 18.0. The van der Waals surface area contributed by atoms with Crippen molar-refractivity contribution >= 4 is 27.7 Å². The largest absolute Gasteiger partial charge is 0.463 e. The Morgan fingerprint density at radius 2 is 1.84 bits per heavy atom. The summed E-state index contributed by atoms with van der Waals surface area (Å²) in [5.41, 5.74) is 0.280. The van der Waals surface area contributed by atoms with Gasteiger partial charge in [0.25, 0.3) is 0 Å². The number of carbonyl (C=O) groups is 2. The van der Waals surface area contributed by atoms with E-state index in [0.717, 1.165) is 31.6 Å². The van der Waals surface area contributed by atoms with Crippen molar-refractivity contribution in [3.63, 3.8) is 0 Å². The molecule has 4 heteroatoms. The third-order valence-electron chi connectivity index (χ3n) is 8.65. The molecule has 4 aliphatic rings. The summed E-state index contributed by atoms with van der Waals surface area (Å²) < 4.78 is 5.54. The van der Waals surface area contributed by atoms with E-state index in [-0.39, 0.29) is 22.3 Å². The molecule has 0 N–H and O–H groups in total. The zero-order valence-corrected chi connectivity index (χ0v) is 17.3. The lowest BCUT2D eigenvalue weighted by Gasteiger charge is -2.60. The van der Waals surface area contributed by atoms with Gasteiger partial charge in [0.15, 0.2) is 5.78 Å². The minimum atomic E-state index is -0.136. The molecular weight excluding hydrogens is 380 g/mol. The van der Waals surface area contributed by atoms with E-state index in [1.165, 1.54) is 32.6 Å². The number of Topliss-reactive ketones (excluding diaryl/α,β-unsaturated/α-hetero) is 1. The molecule has 0 heterocycles. The summed E-state index contributed by atoms with van der Waals surface area (Å²) in [5.74, 6) is 3.01. The first-order valence-electron chi connectivity index (χ1n) is 10.1. The highest BCUT2D eigenvalue weighted by molar-refractivity contribution is 9.10. The van der Waals surface area contributed by atoms with Crippen LogP contribution in [0.2, 0.25) is 0 Å². The number of hydrogen-bond donors (Lipinski definition) is 0. The Morgan fingerprint density at radius 3 is 2.56 bits per heavy atom. The minimum Gasteiger partial charge on any atom is -0.463 e. The van der Waals surface area contributed by atoms with Crippen molar-refractivity contribution in [2.45, 2.75) is 83.1 Å². The van der Waals surface area contributed by atoms with Gasteiger partial charge in [-0.1, -0.05) is 29.8 Å². The van der Waals surface area contributed by atoms with Gasteiger partial charge in [-0.15, -0.1) is 0 Å². The maximum atomic E-state index is 12.7. The van der Waals surface area contributed by atoms with Gasteiger partial charge in [0.2, 0.25) is 0 Å². The molecule has 0 radical (unpaired) electrons. The van der Waals surface area contributed by atoms with Crippen LogP contribution in [0.4, 0.5) is 0 Å². The number of ketones is 1. The van der Waals surface area contributed by atoms with Gasteiger partial charge in [0.1, 0.15) is 6.10 Å². The third kappa shape index (κ3) is 2.64. The minimum absolute atomic E-state index is 0.0754. The van der Waals surface area contributed by atoms with Gasteiger partial charge in [-0.25, -0.2) is 0 Å². The lowest BCUT2D eigenvalue weighted by Crippen LogP contribution is -2.54. The fourth-order valence-corrected chi connectivity index (χ4v) is 8.23. The maximum absolute atomic E-state index is 12.7. The molecule has 140 valence electrons. The molecule has 4 rings (SSSR count). The van der Waals surface area contributed by atoms with E-state index in [1.54, 1.807) is 0 Å². The van der Waals surface area contributed by atoms with Crippen LogP contribution >= 0.6 is 15.9 Å². The van der Waals surface area contributed by atoms with Crippen LogP contribution in [0.1, 0.15) is 72.1 Å². The van der Waals surface area contributed by atoms with Gasteiger partial charge in [0.05, 0.1) is 4.83 Å². The molecule has 0 spiro atoms. The summed E-state index contributed by atoms with van der Waals surface area (Å²) in [6, 6.07) is 0. The van der Waals surface area contributed by atoms with Crippen LogP contribution in [0, 0.1) is 34.5 Å². The Morgan fingerprint density at radius 1 is 1.08 bits per heavy atom. The number of esters is 1.